The van der Waals surface area contributed by atoms with Crippen LogP contribution in [-0.2, 0) is 6.54 Å². The van der Waals surface area contributed by atoms with Crippen molar-refractivity contribution in [2.75, 3.05) is 0 Å². The molecule has 0 saturated heterocycles. The molecule has 0 radical (unpaired) electrons. The van der Waals surface area contributed by atoms with Crippen LogP contribution in [-0.4, -0.2) is 10.5 Å². The molecule has 2 rings (SSSR count). The monoisotopic (exact) mass is 326 g/mol. The molecule has 5 heteroatoms. The number of thiophene rings is 1. The molecule has 2 aromatic heterocycles. The average molecular weight is 327 g/mol. The molecule has 18 heavy (non-hydrogen) atoms. The molecule has 2 aromatic rings. The van der Waals surface area contributed by atoms with Gasteiger partial charge in [0.2, 0.25) is 0 Å². The molecule has 0 saturated carbocycles. The molecule has 0 atom stereocenters. The lowest BCUT2D eigenvalue weighted by Gasteiger charge is -2.12. The maximum Gasteiger partial charge on any atom is 0.268 e. The molecular formula is C13H15BrN2OS. The van der Waals surface area contributed by atoms with E-state index in [2.05, 4.69) is 35.1 Å². The van der Waals surface area contributed by atoms with Crippen LogP contribution in [0.25, 0.3) is 0 Å². The SMILES string of the molecule is CC(C)n1cccc1C(=O)NCc1ccc(Br)s1. The maximum atomic E-state index is 12.1. The summed E-state index contributed by atoms with van der Waals surface area (Å²) in [7, 11) is 0. The Morgan fingerprint density at radius 1 is 1.44 bits per heavy atom. The molecule has 1 N–H and O–H groups in total. The Morgan fingerprint density at radius 3 is 2.83 bits per heavy atom. The standard InChI is InChI=1S/C13H15BrN2OS/c1-9(2)16-7-3-4-11(16)13(17)15-8-10-5-6-12(14)18-10/h3-7,9H,8H2,1-2H3,(H,15,17). The number of hydrogen-bond acceptors (Lipinski definition) is 2. The van der Waals surface area contributed by atoms with Crippen LogP contribution in [0.1, 0.15) is 35.3 Å². The van der Waals surface area contributed by atoms with Gasteiger partial charge in [-0.2, -0.15) is 0 Å². The van der Waals surface area contributed by atoms with Crippen LogP contribution in [0.15, 0.2) is 34.2 Å². The maximum absolute atomic E-state index is 12.1. The molecule has 3 nitrogen and oxygen atoms in total. The molecule has 0 aliphatic heterocycles. The summed E-state index contributed by atoms with van der Waals surface area (Å²) in [6.45, 7) is 4.69. The zero-order valence-electron chi connectivity index (χ0n) is 10.3. The predicted octanol–water partition coefficient (Wildman–Crippen LogP) is 3.82. The van der Waals surface area contributed by atoms with Gasteiger partial charge in [-0.3, -0.25) is 4.79 Å². The third kappa shape index (κ3) is 3.03. The van der Waals surface area contributed by atoms with Crippen molar-refractivity contribution in [3.05, 3.63) is 44.8 Å². The lowest BCUT2D eigenvalue weighted by atomic mass is 10.3. The number of nitrogens with one attached hydrogen (secondary N) is 1. The zero-order valence-corrected chi connectivity index (χ0v) is 12.7. The summed E-state index contributed by atoms with van der Waals surface area (Å²) < 4.78 is 3.05. The minimum absolute atomic E-state index is 0.0294. The van der Waals surface area contributed by atoms with Crippen LogP contribution in [0.3, 0.4) is 0 Å². The Balaban J connectivity index is 2.01. The highest BCUT2D eigenvalue weighted by atomic mass is 79.9. The van der Waals surface area contributed by atoms with Gasteiger partial charge in [-0.05, 0) is 54.0 Å². The minimum Gasteiger partial charge on any atom is -0.346 e. The van der Waals surface area contributed by atoms with Gasteiger partial charge >= 0.3 is 0 Å². The van der Waals surface area contributed by atoms with Gasteiger partial charge in [0.15, 0.2) is 0 Å². The predicted molar refractivity (Wildman–Crippen MR) is 78.0 cm³/mol. The number of carbonyl (C=O) groups excluding carboxylic acids is 1. The van der Waals surface area contributed by atoms with Crippen LogP contribution in [0.2, 0.25) is 0 Å². The number of aromatic nitrogens is 1. The van der Waals surface area contributed by atoms with E-state index < -0.39 is 0 Å². The van der Waals surface area contributed by atoms with Gasteiger partial charge in [0.1, 0.15) is 5.69 Å². The zero-order chi connectivity index (χ0) is 13.1. The van der Waals surface area contributed by atoms with Gasteiger partial charge in [-0.15, -0.1) is 11.3 Å². The van der Waals surface area contributed by atoms with Crippen molar-refractivity contribution in [2.24, 2.45) is 0 Å². The Kier molecular flexibility index (Phi) is 4.24. The van der Waals surface area contributed by atoms with E-state index >= 15 is 0 Å². The molecule has 0 aromatic carbocycles. The number of halogens is 1. The Bertz CT molecular complexity index is 545. The van der Waals surface area contributed by atoms with Crippen molar-refractivity contribution in [3.63, 3.8) is 0 Å². The van der Waals surface area contributed by atoms with Crippen LogP contribution in [0, 0.1) is 0 Å². The molecule has 0 aliphatic carbocycles. The highest BCUT2D eigenvalue weighted by Gasteiger charge is 2.12. The highest BCUT2D eigenvalue weighted by Crippen LogP contribution is 2.21. The van der Waals surface area contributed by atoms with Crippen LogP contribution in [0.4, 0.5) is 0 Å². The van der Waals surface area contributed by atoms with E-state index in [9.17, 15) is 4.79 Å². The van der Waals surface area contributed by atoms with E-state index in [0.29, 0.717) is 12.2 Å². The number of nitrogens with zero attached hydrogens (tertiary/aromatic N) is 1. The third-order valence-electron chi connectivity index (χ3n) is 2.62. The number of hydrogen-bond donors (Lipinski definition) is 1. The van der Waals surface area contributed by atoms with Gasteiger partial charge in [0, 0.05) is 17.1 Å². The summed E-state index contributed by atoms with van der Waals surface area (Å²) in [5, 5.41) is 2.94. The fourth-order valence-corrected chi connectivity index (χ4v) is 3.16. The molecule has 96 valence electrons. The van der Waals surface area contributed by atoms with E-state index in [-0.39, 0.29) is 11.9 Å². The summed E-state index contributed by atoms with van der Waals surface area (Å²) in [4.78, 5) is 13.2. The lowest BCUT2D eigenvalue weighted by molar-refractivity contribution is 0.0940. The minimum atomic E-state index is -0.0294. The Morgan fingerprint density at radius 2 is 2.22 bits per heavy atom. The van der Waals surface area contributed by atoms with E-state index in [0.717, 1.165) is 8.66 Å². The lowest BCUT2D eigenvalue weighted by Crippen LogP contribution is -2.25. The first-order valence-electron chi connectivity index (χ1n) is 5.77. The van der Waals surface area contributed by atoms with Gasteiger partial charge in [0.25, 0.3) is 5.91 Å². The molecule has 0 unspecified atom stereocenters. The topological polar surface area (TPSA) is 34.0 Å². The van der Waals surface area contributed by atoms with Crippen molar-refractivity contribution >= 4 is 33.2 Å². The molecule has 0 spiro atoms. The van der Waals surface area contributed by atoms with E-state index in [1.807, 2.05) is 35.0 Å². The van der Waals surface area contributed by atoms with E-state index in [4.69, 9.17) is 0 Å². The van der Waals surface area contributed by atoms with Gasteiger partial charge in [0.05, 0.1) is 10.3 Å². The van der Waals surface area contributed by atoms with Crippen molar-refractivity contribution in [2.45, 2.75) is 26.4 Å². The van der Waals surface area contributed by atoms with Crippen LogP contribution in [0.5, 0.6) is 0 Å². The van der Waals surface area contributed by atoms with Crippen LogP contribution < -0.4 is 5.32 Å². The van der Waals surface area contributed by atoms with Gasteiger partial charge < -0.3 is 9.88 Å². The quantitative estimate of drug-likeness (QED) is 0.910. The van der Waals surface area contributed by atoms with Gasteiger partial charge in [-0.1, -0.05) is 0 Å². The van der Waals surface area contributed by atoms with Crippen molar-refractivity contribution in [1.29, 1.82) is 0 Å². The smallest absolute Gasteiger partial charge is 0.268 e. The first-order valence-corrected chi connectivity index (χ1v) is 7.38. The first kappa shape index (κ1) is 13.4. The molecule has 0 bridgehead atoms. The summed E-state index contributed by atoms with van der Waals surface area (Å²) in [5.41, 5.74) is 0.709. The fraction of sp³-hybridized carbons (Fsp3) is 0.308. The average Bonchev–Trinajstić information content (AvgIpc) is 2.94. The second-order valence-electron chi connectivity index (χ2n) is 4.28. The molecule has 2 heterocycles. The summed E-state index contributed by atoms with van der Waals surface area (Å²) >= 11 is 5.04. The van der Waals surface area contributed by atoms with E-state index in [1.165, 1.54) is 0 Å². The van der Waals surface area contributed by atoms with Crippen LogP contribution >= 0.6 is 27.3 Å². The number of carbonyl (C=O) groups is 1. The Hall–Kier alpha value is -1.07. The van der Waals surface area contributed by atoms with Crippen molar-refractivity contribution < 1.29 is 4.79 Å². The highest BCUT2D eigenvalue weighted by molar-refractivity contribution is 9.11. The fourth-order valence-electron chi connectivity index (χ4n) is 1.74. The molecule has 0 aliphatic rings. The number of rotatable bonds is 4. The first-order chi connectivity index (χ1) is 8.58. The largest absolute Gasteiger partial charge is 0.346 e. The second-order valence-corrected chi connectivity index (χ2v) is 6.83. The Labute approximate surface area is 119 Å². The second kappa shape index (κ2) is 5.71. The summed E-state index contributed by atoms with van der Waals surface area (Å²) in [6, 6.07) is 8.03. The third-order valence-corrected chi connectivity index (χ3v) is 4.24. The van der Waals surface area contributed by atoms with Gasteiger partial charge in [-0.25, -0.2) is 0 Å². The van der Waals surface area contributed by atoms with Crippen molar-refractivity contribution in [1.82, 2.24) is 9.88 Å². The summed E-state index contributed by atoms with van der Waals surface area (Å²) in [5.74, 6) is -0.0294. The summed E-state index contributed by atoms with van der Waals surface area (Å²) in [6.07, 6.45) is 1.93. The van der Waals surface area contributed by atoms with Crippen molar-refractivity contribution in [3.8, 4) is 0 Å². The van der Waals surface area contributed by atoms with E-state index in [1.54, 1.807) is 11.3 Å². The molecule has 0 fully saturated rings. The molecular weight excluding hydrogens is 312 g/mol. The normalized spacial score (nSPS) is 10.9. The molecule has 1 amide bonds. The number of amides is 1.